The van der Waals surface area contributed by atoms with Gasteiger partial charge in [-0.25, -0.2) is 9.37 Å². The largest absolute Gasteiger partial charge is 0.574 e. The Bertz CT molecular complexity index is 475. The third-order valence-corrected chi connectivity index (χ3v) is 1.99. The summed E-state index contributed by atoms with van der Waals surface area (Å²) in [5.41, 5.74) is -0.614. The second kappa shape index (κ2) is 5.72. The first kappa shape index (κ1) is 15.0. The van der Waals surface area contributed by atoms with Gasteiger partial charge in [0.25, 0.3) is 0 Å². The molecule has 0 amide bonds. The second-order valence-corrected chi connectivity index (χ2v) is 3.35. The van der Waals surface area contributed by atoms with Gasteiger partial charge < -0.3 is 14.6 Å². The normalized spacial score (nSPS) is 11.2. The average Bonchev–Trinajstić information content (AvgIpc) is 2.25. The molecule has 1 aromatic heterocycles. The minimum Gasteiger partial charge on any atom is -0.494 e. The van der Waals surface area contributed by atoms with E-state index in [1.807, 2.05) is 0 Å². The van der Waals surface area contributed by atoms with E-state index in [9.17, 15) is 22.4 Å². The summed E-state index contributed by atoms with van der Waals surface area (Å²) in [6.45, 7) is -1.22. The Labute approximate surface area is 104 Å². The van der Waals surface area contributed by atoms with Crippen LogP contribution in [0.4, 0.5) is 17.6 Å². The van der Waals surface area contributed by atoms with Crippen molar-refractivity contribution in [3.05, 3.63) is 17.3 Å². The van der Waals surface area contributed by atoms with Gasteiger partial charge in [0.05, 0.1) is 13.5 Å². The van der Waals surface area contributed by atoms with Crippen LogP contribution in [0.5, 0.6) is 11.6 Å². The van der Waals surface area contributed by atoms with Crippen molar-refractivity contribution < 1.29 is 36.9 Å². The molecule has 1 aromatic rings. The third kappa shape index (κ3) is 4.27. The van der Waals surface area contributed by atoms with Crippen LogP contribution in [0.15, 0.2) is 6.07 Å². The summed E-state index contributed by atoms with van der Waals surface area (Å²) >= 11 is 0. The Balaban J connectivity index is 3.25. The van der Waals surface area contributed by atoms with Gasteiger partial charge in [-0.3, -0.25) is 4.79 Å². The molecule has 0 fully saturated rings. The van der Waals surface area contributed by atoms with Crippen LogP contribution < -0.4 is 9.47 Å². The fraction of sp³-hybridized carbons (Fsp3) is 0.400. The first-order valence-corrected chi connectivity index (χ1v) is 4.87. The van der Waals surface area contributed by atoms with E-state index < -0.39 is 37.0 Å². The molecule has 0 atom stereocenters. The van der Waals surface area contributed by atoms with Crippen LogP contribution in [-0.4, -0.2) is 29.5 Å². The molecule has 0 aliphatic heterocycles. The Kier molecular flexibility index (Phi) is 4.52. The number of pyridine rings is 1. The lowest BCUT2D eigenvalue weighted by Crippen LogP contribution is -2.19. The topological polar surface area (TPSA) is 68.7 Å². The van der Waals surface area contributed by atoms with E-state index in [0.29, 0.717) is 0 Å². The Morgan fingerprint density at radius 3 is 2.53 bits per heavy atom. The molecule has 0 spiro atoms. The number of nitrogens with zero attached hydrogens (tertiary/aromatic N) is 1. The number of aliphatic carboxylic acids is 1. The third-order valence-electron chi connectivity index (χ3n) is 1.99. The molecule has 106 valence electrons. The molecule has 9 heteroatoms. The predicted octanol–water partition coefficient (Wildman–Crippen LogP) is 2.09. The average molecular weight is 283 g/mol. The number of hydrogen-bond acceptors (Lipinski definition) is 4. The van der Waals surface area contributed by atoms with Crippen molar-refractivity contribution in [1.29, 1.82) is 0 Å². The standard InChI is InChI=1S/C10H9F4NO4/c1-18-9-5(3-8(16)17)2-7(15-6(9)4-11)19-10(12,13)14/h2H,3-4H2,1H3,(H,16,17). The van der Waals surface area contributed by atoms with E-state index in [4.69, 9.17) is 9.84 Å². The van der Waals surface area contributed by atoms with Crippen molar-refractivity contribution in [2.75, 3.05) is 7.11 Å². The highest BCUT2D eigenvalue weighted by atomic mass is 19.4. The number of hydrogen-bond donors (Lipinski definition) is 1. The maximum Gasteiger partial charge on any atom is 0.574 e. The summed E-state index contributed by atoms with van der Waals surface area (Å²) in [6, 6.07) is 0.750. The van der Waals surface area contributed by atoms with Gasteiger partial charge in [0.1, 0.15) is 18.1 Å². The molecule has 19 heavy (non-hydrogen) atoms. The zero-order chi connectivity index (χ0) is 14.6. The quantitative estimate of drug-likeness (QED) is 0.838. The van der Waals surface area contributed by atoms with Gasteiger partial charge in [0, 0.05) is 11.6 Å². The van der Waals surface area contributed by atoms with Crippen LogP contribution in [-0.2, 0) is 17.9 Å². The van der Waals surface area contributed by atoms with Crippen LogP contribution in [0.1, 0.15) is 11.3 Å². The number of rotatable bonds is 5. The number of alkyl halides is 4. The molecule has 0 saturated heterocycles. The van der Waals surface area contributed by atoms with Gasteiger partial charge in [0.2, 0.25) is 5.88 Å². The van der Waals surface area contributed by atoms with E-state index in [2.05, 4.69) is 9.72 Å². The molecule has 0 aromatic carbocycles. The lowest BCUT2D eigenvalue weighted by atomic mass is 10.1. The molecule has 0 unspecified atom stereocenters. The zero-order valence-corrected chi connectivity index (χ0v) is 9.62. The number of carboxylic acid groups (broad SMARTS) is 1. The summed E-state index contributed by atoms with van der Waals surface area (Å²) in [4.78, 5) is 13.9. The lowest BCUT2D eigenvalue weighted by Gasteiger charge is -2.14. The molecular formula is C10H9F4NO4. The number of methoxy groups -OCH3 is 1. The first-order valence-electron chi connectivity index (χ1n) is 4.87. The summed E-state index contributed by atoms with van der Waals surface area (Å²) < 4.78 is 57.1. The Hall–Kier alpha value is -2.06. The van der Waals surface area contributed by atoms with Crippen molar-refractivity contribution in [3.63, 3.8) is 0 Å². The van der Waals surface area contributed by atoms with Crippen molar-refractivity contribution in [1.82, 2.24) is 4.98 Å². The number of halogens is 4. The number of ether oxygens (including phenoxy) is 2. The number of aromatic nitrogens is 1. The van der Waals surface area contributed by atoms with Gasteiger partial charge >= 0.3 is 12.3 Å². The molecule has 5 nitrogen and oxygen atoms in total. The van der Waals surface area contributed by atoms with Gasteiger partial charge in [0.15, 0.2) is 0 Å². The summed E-state index contributed by atoms with van der Waals surface area (Å²) in [5, 5.41) is 8.64. The van der Waals surface area contributed by atoms with E-state index in [1.165, 1.54) is 0 Å². The smallest absolute Gasteiger partial charge is 0.494 e. The van der Waals surface area contributed by atoms with E-state index in [0.717, 1.165) is 13.2 Å². The maximum absolute atomic E-state index is 12.7. The fourth-order valence-electron chi connectivity index (χ4n) is 1.42. The molecule has 0 aliphatic carbocycles. The Morgan fingerprint density at radius 2 is 2.11 bits per heavy atom. The highest BCUT2D eigenvalue weighted by molar-refractivity contribution is 5.71. The molecule has 0 saturated carbocycles. The van der Waals surface area contributed by atoms with E-state index in [1.54, 1.807) is 0 Å². The van der Waals surface area contributed by atoms with Crippen LogP contribution in [0.2, 0.25) is 0 Å². The zero-order valence-electron chi connectivity index (χ0n) is 9.62. The molecule has 1 rings (SSSR count). The number of carboxylic acids is 1. The molecule has 0 aliphatic rings. The monoisotopic (exact) mass is 283 g/mol. The minimum absolute atomic E-state index is 0.156. The van der Waals surface area contributed by atoms with Gasteiger partial charge in [-0.05, 0) is 0 Å². The van der Waals surface area contributed by atoms with Crippen molar-refractivity contribution >= 4 is 5.97 Å². The van der Waals surface area contributed by atoms with Gasteiger partial charge in [-0.1, -0.05) is 0 Å². The molecule has 0 bridgehead atoms. The van der Waals surface area contributed by atoms with E-state index in [-0.39, 0.29) is 11.3 Å². The SMILES string of the molecule is COc1c(CC(=O)O)cc(OC(F)(F)F)nc1CF. The van der Waals surface area contributed by atoms with Gasteiger partial charge in [-0.2, -0.15) is 0 Å². The van der Waals surface area contributed by atoms with Crippen LogP contribution in [0.25, 0.3) is 0 Å². The van der Waals surface area contributed by atoms with E-state index >= 15 is 0 Å². The highest BCUT2D eigenvalue weighted by Crippen LogP contribution is 2.30. The van der Waals surface area contributed by atoms with Crippen LogP contribution in [0.3, 0.4) is 0 Å². The Morgan fingerprint density at radius 1 is 1.47 bits per heavy atom. The summed E-state index contributed by atoms with van der Waals surface area (Å²) in [6.07, 6.45) is -5.65. The molecule has 1 N–H and O–H groups in total. The van der Waals surface area contributed by atoms with Crippen LogP contribution in [0, 0.1) is 0 Å². The fourth-order valence-corrected chi connectivity index (χ4v) is 1.42. The van der Waals surface area contributed by atoms with Gasteiger partial charge in [-0.15, -0.1) is 13.2 Å². The molecule has 1 heterocycles. The van der Waals surface area contributed by atoms with Crippen molar-refractivity contribution in [3.8, 4) is 11.6 Å². The molecule has 0 radical (unpaired) electrons. The predicted molar refractivity (Wildman–Crippen MR) is 53.6 cm³/mol. The second-order valence-electron chi connectivity index (χ2n) is 3.35. The van der Waals surface area contributed by atoms with Crippen LogP contribution >= 0.6 is 0 Å². The first-order chi connectivity index (χ1) is 8.76. The van der Waals surface area contributed by atoms with Crippen molar-refractivity contribution in [2.24, 2.45) is 0 Å². The summed E-state index contributed by atoms with van der Waals surface area (Å²) in [7, 11) is 1.13. The maximum atomic E-state index is 12.7. The number of carbonyl (C=O) groups is 1. The van der Waals surface area contributed by atoms with Crippen molar-refractivity contribution in [2.45, 2.75) is 19.5 Å². The minimum atomic E-state index is -5.00. The highest BCUT2D eigenvalue weighted by Gasteiger charge is 2.32. The molecular weight excluding hydrogens is 274 g/mol. The summed E-state index contributed by atoms with van der Waals surface area (Å²) in [5.74, 6) is -2.45. The lowest BCUT2D eigenvalue weighted by molar-refractivity contribution is -0.276.